The minimum absolute atomic E-state index is 0.156. The van der Waals surface area contributed by atoms with E-state index in [0.29, 0.717) is 11.5 Å². The Kier molecular flexibility index (Phi) is 5.84. The highest BCUT2D eigenvalue weighted by molar-refractivity contribution is 7.99. The molecule has 6 nitrogen and oxygen atoms in total. The predicted octanol–water partition coefficient (Wildman–Crippen LogP) is 6.54. The Morgan fingerprint density at radius 2 is 1.41 bits per heavy atom. The zero-order valence-electron chi connectivity index (χ0n) is 17.8. The van der Waals surface area contributed by atoms with Gasteiger partial charge in [-0.15, -0.1) is 0 Å². The standard InChI is InChI=1S/C27H19N3O3S/c31-24-16-13-20(30(32)33)17-23(24)27-28-25(18-7-3-1-4-8-18)26(29-27)19-11-14-22(15-12-19)34-21-9-5-2-6-10-21/h1-17,31H,(H,28,29)/p-1. The molecule has 0 aliphatic heterocycles. The van der Waals surface area contributed by atoms with E-state index < -0.39 is 4.92 Å². The van der Waals surface area contributed by atoms with Gasteiger partial charge in [-0.05, 0) is 24.3 Å². The lowest BCUT2D eigenvalue weighted by atomic mass is 10.1. The number of aromatic nitrogens is 2. The molecule has 0 unspecified atom stereocenters. The Bertz CT molecular complexity index is 1450. The summed E-state index contributed by atoms with van der Waals surface area (Å²) in [6.07, 6.45) is 0. The van der Waals surface area contributed by atoms with Gasteiger partial charge in [-0.2, -0.15) is 0 Å². The Balaban J connectivity index is 1.57. The highest BCUT2D eigenvalue weighted by Crippen LogP contribution is 2.37. The van der Waals surface area contributed by atoms with Gasteiger partial charge in [-0.3, -0.25) is 10.1 Å². The fraction of sp³-hybridized carbons (Fsp3) is 0. The van der Waals surface area contributed by atoms with Crippen LogP contribution in [0.3, 0.4) is 0 Å². The molecule has 166 valence electrons. The number of benzene rings is 4. The van der Waals surface area contributed by atoms with E-state index in [1.54, 1.807) is 11.8 Å². The zero-order valence-corrected chi connectivity index (χ0v) is 18.7. The van der Waals surface area contributed by atoms with E-state index in [-0.39, 0.29) is 17.0 Å². The van der Waals surface area contributed by atoms with Crippen LogP contribution in [0.5, 0.6) is 5.75 Å². The van der Waals surface area contributed by atoms with Crippen LogP contribution in [-0.4, -0.2) is 14.9 Å². The van der Waals surface area contributed by atoms with Gasteiger partial charge in [0.25, 0.3) is 5.69 Å². The van der Waals surface area contributed by atoms with Crippen LogP contribution >= 0.6 is 11.8 Å². The molecule has 34 heavy (non-hydrogen) atoms. The fourth-order valence-electron chi connectivity index (χ4n) is 3.65. The summed E-state index contributed by atoms with van der Waals surface area (Å²) in [7, 11) is 0. The molecule has 7 heteroatoms. The van der Waals surface area contributed by atoms with Gasteiger partial charge in [0.15, 0.2) is 0 Å². The highest BCUT2D eigenvalue weighted by Gasteiger charge is 2.17. The molecule has 0 fully saturated rings. The van der Waals surface area contributed by atoms with Crippen molar-refractivity contribution >= 4 is 17.4 Å². The molecule has 4 aromatic carbocycles. The van der Waals surface area contributed by atoms with Crippen molar-refractivity contribution in [2.75, 3.05) is 0 Å². The Morgan fingerprint density at radius 3 is 2.09 bits per heavy atom. The first kappa shape index (κ1) is 21.5. The molecule has 5 rings (SSSR count). The number of nitrogens with zero attached hydrogens (tertiary/aromatic N) is 2. The van der Waals surface area contributed by atoms with Crippen LogP contribution in [0, 0.1) is 10.1 Å². The minimum atomic E-state index is -0.520. The molecule has 1 N–H and O–H groups in total. The second-order valence-corrected chi connectivity index (χ2v) is 8.70. The number of nitro benzene ring substituents is 1. The van der Waals surface area contributed by atoms with Crippen molar-refractivity contribution in [3.63, 3.8) is 0 Å². The molecule has 0 spiro atoms. The molecule has 0 atom stereocenters. The van der Waals surface area contributed by atoms with Crippen molar-refractivity contribution in [1.29, 1.82) is 0 Å². The first-order valence-electron chi connectivity index (χ1n) is 10.5. The monoisotopic (exact) mass is 464 g/mol. The van der Waals surface area contributed by atoms with E-state index in [1.165, 1.54) is 18.2 Å². The van der Waals surface area contributed by atoms with Gasteiger partial charge in [0.1, 0.15) is 5.82 Å². The molecule has 0 saturated carbocycles. The molecule has 1 aromatic heterocycles. The van der Waals surface area contributed by atoms with Gasteiger partial charge >= 0.3 is 0 Å². The number of hydrogen-bond acceptors (Lipinski definition) is 5. The molecule has 5 aromatic rings. The normalized spacial score (nSPS) is 10.8. The molecule has 0 aliphatic carbocycles. The SMILES string of the molecule is O=[N+]([O-])c1ccc([O-])c(-c2nc(-c3ccccc3)c(-c3ccc(Sc4ccccc4)cc3)[nH]2)c1. The molecule has 0 saturated heterocycles. The number of imidazole rings is 1. The van der Waals surface area contributed by atoms with E-state index >= 15 is 0 Å². The average Bonchev–Trinajstić information content (AvgIpc) is 3.31. The van der Waals surface area contributed by atoms with Crippen LogP contribution in [0.1, 0.15) is 0 Å². The second kappa shape index (κ2) is 9.25. The van der Waals surface area contributed by atoms with Crippen LogP contribution in [0.2, 0.25) is 0 Å². The van der Waals surface area contributed by atoms with Gasteiger partial charge in [-0.25, -0.2) is 4.98 Å². The van der Waals surface area contributed by atoms with E-state index in [4.69, 9.17) is 4.98 Å². The van der Waals surface area contributed by atoms with Crippen molar-refractivity contribution in [3.8, 4) is 39.7 Å². The molecule has 0 aliphatic rings. The topological polar surface area (TPSA) is 94.9 Å². The number of nitro groups is 1. The highest BCUT2D eigenvalue weighted by atomic mass is 32.2. The largest absolute Gasteiger partial charge is 0.872 e. The van der Waals surface area contributed by atoms with E-state index in [2.05, 4.69) is 17.1 Å². The first-order chi connectivity index (χ1) is 16.6. The van der Waals surface area contributed by atoms with E-state index in [0.717, 1.165) is 26.6 Å². The second-order valence-electron chi connectivity index (χ2n) is 7.55. The summed E-state index contributed by atoms with van der Waals surface area (Å²) in [5, 5.41) is 23.8. The maximum absolute atomic E-state index is 12.5. The van der Waals surface area contributed by atoms with Crippen LogP contribution in [0.4, 0.5) is 5.69 Å². The van der Waals surface area contributed by atoms with E-state index in [1.807, 2.05) is 72.8 Å². The number of H-pyrrole nitrogens is 1. The average molecular weight is 465 g/mol. The van der Waals surface area contributed by atoms with Gasteiger partial charge in [0.05, 0.1) is 16.3 Å². The van der Waals surface area contributed by atoms with Gasteiger partial charge in [0.2, 0.25) is 0 Å². The summed E-state index contributed by atoms with van der Waals surface area (Å²) in [6, 6.07) is 31.5. The maximum atomic E-state index is 12.5. The number of aromatic amines is 1. The molecule has 1 heterocycles. The van der Waals surface area contributed by atoms with Crippen molar-refractivity contribution in [3.05, 3.63) is 113 Å². The Hall–Kier alpha value is -4.36. The minimum Gasteiger partial charge on any atom is -0.872 e. The van der Waals surface area contributed by atoms with Crippen LogP contribution in [0.25, 0.3) is 33.9 Å². The Labute approximate surface area is 200 Å². The summed E-state index contributed by atoms with van der Waals surface area (Å²) in [4.78, 5) is 20.9. The third-order valence-electron chi connectivity index (χ3n) is 5.30. The summed E-state index contributed by atoms with van der Waals surface area (Å²) in [6.45, 7) is 0. The number of non-ortho nitro benzene ring substituents is 1. The molecule has 0 amide bonds. The molecule has 0 bridgehead atoms. The summed E-state index contributed by atoms with van der Waals surface area (Å²) < 4.78 is 0. The third-order valence-corrected chi connectivity index (χ3v) is 6.32. The summed E-state index contributed by atoms with van der Waals surface area (Å²) in [5.41, 5.74) is 3.19. The number of hydrogen-bond donors (Lipinski definition) is 1. The van der Waals surface area contributed by atoms with Crippen molar-refractivity contribution in [2.45, 2.75) is 9.79 Å². The van der Waals surface area contributed by atoms with Crippen molar-refractivity contribution in [2.24, 2.45) is 0 Å². The van der Waals surface area contributed by atoms with Crippen LogP contribution in [-0.2, 0) is 0 Å². The predicted molar refractivity (Wildman–Crippen MR) is 132 cm³/mol. The molecule has 0 radical (unpaired) electrons. The summed E-state index contributed by atoms with van der Waals surface area (Å²) >= 11 is 1.67. The van der Waals surface area contributed by atoms with Gasteiger partial charge in [-0.1, -0.05) is 84.2 Å². The lowest BCUT2D eigenvalue weighted by molar-refractivity contribution is -0.385. The zero-order chi connectivity index (χ0) is 23.5. The maximum Gasteiger partial charge on any atom is 0.270 e. The lowest BCUT2D eigenvalue weighted by Crippen LogP contribution is -1.96. The van der Waals surface area contributed by atoms with Crippen molar-refractivity contribution < 1.29 is 10.0 Å². The first-order valence-corrected chi connectivity index (χ1v) is 11.3. The molecular formula is C27H18N3O3S-. The number of nitrogens with one attached hydrogen (secondary N) is 1. The lowest BCUT2D eigenvalue weighted by Gasteiger charge is -2.10. The van der Waals surface area contributed by atoms with Crippen LogP contribution in [0.15, 0.2) is 113 Å². The third kappa shape index (κ3) is 4.42. The smallest absolute Gasteiger partial charge is 0.270 e. The van der Waals surface area contributed by atoms with Gasteiger partial charge < -0.3 is 10.1 Å². The van der Waals surface area contributed by atoms with Gasteiger partial charge in [0, 0.05) is 38.6 Å². The molecular weight excluding hydrogens is 446 g/mol. The number of rotatable bonds is 6. The van der Waals surface area contributed by atoms with Crippen LogP contribution < -0.4 is 5.11 Å². The van der Waals surface area contributed by atoms with Crippen molar-refractivity contribution in [1.82, 2.24) is 9.97 Å². The Morgan fingerprint density at radius 1 is 0.765 bits per heavy atom. The van der Waals surface area contributed by atoms with E-state index in [9.17, 15) is 15.2 Å². The quantitative estimate of drug-likeness (QED) is 0.227. The summed E-state index contributed by atoms with van der Waals surface area (Å²) in [5.74, 6) is -0.0367. The fourth-order valence-corrected chi connectivity index (χ4v) is 4.48.